The van der Waals surface area contributed by atoms with Gasteiger partial charge in [-0.1, -0.05) is 26.8 Å². The highest BCUT2D eigenvalue weighted by Gasteiger charge is 2.33. The number of pyridine rings is 1. The second-order valence-corrected chi connectivity index (χ2v) is 12.7. The molecule has 0 unspecified atom stereocenters. The van der Waals surface area contributed by atoms with Crippen molar-refractivity contribution in [3.05, 3.63) is 52.3 Å². The van der Waals surface area contributed by atoms with E-state index in [0.717, 1.165) is 41.1 Å². The van der Waals surface area contributed by atoms with Crippen LogP contribution in [0.25, 0.3) is 0 Å². The van der Waals surface area contributed by atoms with E-state index in [0.29, 0.717) is 74.9 Å². The summed E-state index contributed by atoms with van der Waals surface area (Å²) in [5.74, 6) is 0.648. The number of benzene rings is 1. The highest BCUT2D eigenvalue weighted by molar-refractivity contribution is 8.93. The molecule has 228 valence electrons. The van der Waals surface area contributed by atoms with Crippen LogP contribution in [-0.2, 0) is 16.8 Å². The third-order valence-electron chi connectivity index (χ3n) is 8.27. The van der Waals surface area contributed by atoms with Crippen LogP contribution in [-0.4, -0.2) is 70.0 Å². The molecule has 2 aliphatic heterocycles. The summed E-state index contributed by atoms with van der Waals surface area (Å²) >= 11 is 0. The van der Waals surface area contributed by atoms with Gasteiger partial charge in [-0.15, -0.1) is 17.0 Å². The summed E-state index contributed by atoms with van der Waals surface area (Å²) in [7, 11) is 0. The summed E-state index contributed by atoms with van der Waals surface area (Å²) in [6.45, 7) is 8.54. The number of anilines is 1. The zero-order valence-electron chi connectivity index (χ0n) is 24.8. The molecule has 0 bridgehead atoms. The zero-order valence-corrected chi connectivity index (χ0v) is 26.5. The summed E-state index contributed by atoms with van der Waals surface area (Å²) in [6, 6.07) is 7.94. The molecule has 5 rings (SSSR count). The number of aliphatic hydroxyl groups excluding tert-OH is 1. The SMILES string of the molecule is Br.CC(C)(C)c1cc(C(=O)CN2Cc3ccc(C4CC4)nc3C2=N)cc(N2CCC(O)CC2)c1OCCCCC(=O)O. The quantitative estimate of drug-likeness (QED) is 0.218. The van der Waals surface area contributed by atoms with E-state index in [-0.39, 0.29) is 47.2 Å². The van der Waals surface area contributed by atoms with Crippen LogP contribution in [0.1, 0.15) is 105 Å². The first kappa shape index (κ1) is 31.9. The highest BCUT2D eigenvalue weighted by atomic mass is 79.9. The number of aliphatic carboxylic acids is 1. The molecule has 1 aliphatic carbocycles. The number of amidine groups is 1. The van der Waals surface area contributed by atoms with E-state index in [1.165, 1.54) is 0 Å². The molecule has 0 amide bonds. The molecule has 2 fully saturated rings. The molecule has 2 aromatic rings. The number of nitrogens with one attached hydrogen (secondary N) is 1. The first-order valence-electron chi connectivity index (χ1n) is 14.8. The van der Waals surface area contributed by atoms with Crippen molar-refractivity contribution in [2.75, 3.05) is 31.1 Å². The lowest BCUT2D eigenvalue weighted by molar-refractivity contribution is -0.137. The van der Waals surface area contributed by atoms with Gasteiger partial charge in [-0.05, 0) is 62.1 Å². The van der Waals surface area contributed by atoms with Crippen molar-refractivity contribution in [3.8, 4) is 5.75 Å². The fourth-order valence-electron chi connectivity index (χ4n) is 5.65. The first-order chi connectivity index (χ1) is 19.5. The second kappa shape index (κ2) is 13.1. The fourth-order valence-corrected chi connectivity index (χ4v) is 5.65. The Morgan fingerprint density at radius 2 is 1.81 bits per heavy atom. The minimum Gasteiger partial charge on any atom is -0.491 e. The molecule has 1 saturated heterocycles. The van der Waals surface area contributed by atoms with E-state index in [4.69, 9.17) is 20.2 Å². The number of carboxylic acid groups (broad SMARTS) is 1. The maximum atomic E-state index is 13.8. The van der Waals surface area contributed by atoms with E-state index in [1.54, 1.807) is 4.90 Å². The number of unbranched alkanes of at least 4 members (excludes halogenated alkanes) is 1. The number of carbonyl (C=O) groups excluding carboxylic acids is 1. The minimum absolute atomic E-state index is 0. The number of hydrogen-bond acceptors (Lipinski definition) is 7. The number of fused-ring (bicyclic) bond motifs is 1. The Kier molecular flexibility index (Phi) is 9.98. The van der Waals surface area contributed by atoms with E-state index in [9.17, 15) is 14.7 Å². The molecule has 3 aliphatic rings. The summed E-state index contributed by atoms with van der Waals surface area (Å²) in [6.07, 6.45) is 4.49. The molecule has 3 N–H and O–H groups in total. The summed E-state index contributed by atoms with van der Waals surface area (Å²) in [4.78, 5) is 33.5. The van der Waals surface area contributed by atoms with Crippen LogP contribution in [0.2, 0.25) is 0 Å². The van der Waals surface area contributed by atoms with Crippen LogP contribution < -0.4 is 9.64 Å². The Hall–Kier alpha value is -2.98. The Morgan fingerprint density at radius 3 is 2.45 bits per heavy atom. The topological polar surface area (TPSA) is 127 Å². The third-order valence-corrected chi connectivity index (χ3v) is 8.27. The number of hydrogen-bond donors (Lipinski definition) is 3. The number of Topliss-reactive ketones (excluding diaryl/α,β-unsaturated/α-hetero) is 1. The number of aliphatic hydroxyl groups is 1. The summed E-state index contributed by atoms with van der Waals surface area (Å²) < 4.78 is 6.36. The van der Waals surface area contributed by atoms with Crippen molar-refractivity contribution >= 4 is 40.3 Å². The zero-order chi connectivity index (χ0) is 29.3. The molecule has 0 radical (unpaired) electrons. The van der Waals surface area contributed by atoms with E-state index in [2.05, 4.69) is 37.8 Å². The predicted molar refractivity (Wildman–Crippen MR) is 168 cm³/mol. The number of halogens is 1. The number of piperidine rings is 1. The van der Waals surface area contributed by atoms with Gasteiger partial charge in [0.05, 0.1) is 24.9 Å². The predicted octanol–water partition coefficient (Wildman–Crippen LogP) is 5.45. The van der Waals surface area contributed by atoms with Crippen LogP contribution in [0.5, 0.6) is 5.75 Å². The van der Waals surface area contributed by atoms with Gasteiger partial charge in [0.2, 0.25) is 0 Å². The van der Waals surface area contributed by atoms with Crippen LogP contribution in [0.3, 0.4) is 0 Å². The van der Waals surface area contributed by atoms with Crippen molar-refractivity contribution in [1.82, 2.24) is 9.88 Å². The van der Waals surface area contributed by atoms with E-state index >= 15 is 0 Å². The van der Waals surface area contributed by atoms with Crippen molar-refractivity contribution in [2.45, 2.75) is 89.7 Å². The van der Waals surface area contributed by atoms with Crippen molar-refractivity contribution in [2.24, 2.45) is 0 Å². The largest absolute Gasteiger partial charge is 0.491 e. The lowest BCUT2D eigenvalue weighted by Gasteiger charge is -2.35. The standard InChI is InChI=1S/C32H42N4O5.BrH/c1-32(2,3)24-16-22(27(38)19-36-18-21-9-10-25(20-7-8-20)34-29(21)31(36)33)17-26(35-13-11-23(37)12-14-35)30(24)41-15-5-4-6-28(39)40;/h9-10,16-17,20,23,33,37H,4-8,11-15,18-19H2,1-3H3,(H,39,40);1H. The number of carboxylic acids is 1. The second-order valence-electron chi connectivity index (χ2n) is 12.7. The average Bonchev–Trinajstić information content (AvgIpc) is 3.73. The lowest BCUT2D eigenvalue weighted by Crippen LogP contribution is -2.36. The maximum absolute atomic E-state index is 13.8. The number of carbonyl (C=O) groups is 2. The summed E-state index contributed by atoms with van der Waals surface area (Å²) in [5.41, 5.74) is 4.73. The molecule has 3 heterocycles. The number of ketones is 1. The average molecular weight is 644 g/mol. The third kappa shape index (κ3) is 7.32. The summed E-state index contributed by atoms with van der Waals surface area (Å²) in [5, 5.41) is 27.9. The number of rotatable bonds is 11. The lowest BCUT2D eigenvalue weighted by atomic mass is 9.84. The van der Waals surface area contributed by atoms with Crippen LogP contribution >= 0.6 is 17.0 Å². The van der Waals surface area contributed by atoms with Crippen molar-refractivity contribution < 1.29 is 24.5 Å². The smallest absolute Gasteiger partial charge is 0.303 e. The molecule has 0 atom stereocenters. The molecule has 1 saturated carbocycles. The molecular formula is C32H43BrN4O5. The minimum atomic E-state index is -0.816. The van der Waals surface area contributed by atoms with Gasteiger partial charge < -0.3 is 24.7 Å². The maximum Gasteiger partial charge on any atom is 0.303 e. The number of aromatic nitrogens is 1. The fraction of sp³-hybridized carbons (Fsp3) is 0.562. The Labute approximate surface area is 258 Å². The highest BCUT2D eigenvalue weighted by Crippen LogP contribution is 2.42. The van der Waals surface area contributed by atoms with Gasteiger partial charge in [0, 0.05) is 54.4 Å². The van der Waals surface area contributed by atoms with Gasteiger partial charge in [-0.3, -0.25) is 15.0 Å². The van der Waals surface area contributed by atoms with Crippen LogP contribution in [0.4, 0.5) is 5.69 Å². The monoisotopic (exact) mass is 642 g/mol. The number of nitrogens with zero attached hydrogens (tertiary/aromatic N) is 3. The van der Waals surface area contributed by atoms with Gasteiger partial charge in [-0.2, -0.15) is 0 Å². The molecule has 1 aromatic heterocycles. The van der Waals surface area contributed by atoms with E-state index in [1.807, 2.05) is 12.1 Å². The van der Waals surface area contributed by atoms with Gasteiger partial charge >= 0.3 is 5.97 Å². The Bertz CT molecular complexity index is 1330. The van der Waals surface area contributed by atoms with Gasteiger partial charge in [-0.25, -0.2) is 4.98 Å². The van der Waals surface area contributed by atoms with Gasteiger partial charge in [0.1, 0.15) is 17.3 Å². The Balaban J connectivity index is 0.00000405. The van der Waals surface area contributed by atoms with Crippen molar-refractivity contribution in [3.63, 3.8) is 0 Å². The normalized spacial score (nSPS) is 17.2. The van der Waals surface area contributed by atoms with Crippen LogP contribution in [0, 0.1) is 5.41 Å². The molecule has 0 spiro atoms. The van der Waals surface area contributed by atoms with Gasteiger partial charge in [0.25, 0.3) is 0 Å². The molecular weight excluding hydrogens is 600 g/mol. The first-order valence-corrected chi connectivity index (χ1v) is 14.8. The van der Waals surface area contributed by atoms with Gasteiger partial charge in [0.15, 0.2) is 5.78 Å². The molecule has 1 aromatic carbocycles. The molecule has 9 nitrogen and oxygen atoms in total. The van der Waals surface area contributed by atoms with E-state index < -0.39 is 5.97 Å². The van der Waals surface area contributed by atoms with Crippen molar-refractivity contribution in [1.29, 1.82) is 5.41 Å². The Morgan fingerprint density at radius 1 is 1.10 bits per heavy atom. The molecule has 42 heavy (non-hydrogen) atoms. The van der Waals surface area contributed by atoms with Crippen LogP contribution in [0.15, 0.2) is 24.3 Å². The number of ether oxygens (including phenoxy) is 1. The molecule has 10 heteroatoms.